The number of hydrogen-bond acceptors (Lipinski definition) is 2. The average Bonchev–Trinajstić information content (AvgIpc) is 2.70. The summed E-state index contributed by atoms with van der Waals surface area (Å²) < 4.78 is 18.9. The van der Waals surface area contributed by atoms with Gasteiger partial charge in [-0.15, -0.1) is 0 Å². The normalized spacial score (nSPS) is 20.7. The van der Waals surface area contributed by atoms with Crippen LogP contribution in [0, 0.1) is 5.82 Å². The number of hydrogen-bond donors (Lipinski definition) is 3. The summed E-state index contributed by atoms with van der Waals surface area (Å²) in [5.74, 6) is 0.341. The van der Waals surface area contributed by atoms with Gasteiger partial charge in [-0.2, -0.15) is 0 Å². The molecule has 1 heterocycles. The van der Waals surface area contributed by atoms with Crippen molar-refractivity contribution >= 4 is 11.6 Å². The van der Waals surface area contributed by atoms with Gasteiger partial charge in [0.15, 0.2) is 6.04 Å². The maximum atomic E-state index is 13.7. The Morgan fingerprint density at radius 1 is 1.11 bits per heavy atom. The van der Waals surface area contributed by atoms with E-state index in [9.17, 15) is 9.18 Å². The highest BCUT2D eigenvalue weighted by atomic mass is 19.1. The number of para-hydroxylation sites is 1. The fraction of sp³-hybridized carbons (Fsp3) is 0.381. The fourth-order valence-electron chi connectivity index (χ4n) is 3.56. The number of halogens is 1. The molecule has 6 heteroatoms. The molecular formula is C21H28FN3O2+2. The Balaban J connectivity index is 1.49. The zero-order valence-corrected chi connectivity index (χ0v) is 15.9. The summed E-state index contributed by atoms with van der Waals surface area (Å²) in [5.41, 5.74) is 1.54. The van der Waals surface area contributed by atoms with E-state index in [-0.39, 0.29) is 17.6 Å². The number of methoxy groups -OCH3 is 1. The van der Waals surface area contributed by atoms with Crippen molar-refractivity contribution in [1.29, 1.82) is 0 Å². The lowest BCUT2D eigenvalue weighted by Crippen LogP contribution is -3.29. The first-order chi connectivity index (χ1) is 13.1. The van der Waals surface area contributed by atoms with E-state index in [4.69, 9.17) is 4.74 Å². The molecule has 0 bridgehead atoms. The molecule has 1 aliphatic heterocycles. The maximum absolute atomic E-state index is 13.7. The van der Waals surface area contributed by atoms with Crippen molar-refractivity contribution in [2.45, 2.75) is 19.5 Å². The number of benzene rings is 2. The second-order valence-corrected chi connectivity index (χ2v) is 7.12. The first kappa shape index (κ1) is 19.3. The number of amides is 1. The number of rotatable bonds is 6. The van der Waals surface area contributed by atoms with Crippen LogP contribution in [0.3, 0.4) is 0 Å². The number of anilines is 1. The topological polar surface area (TPSA) is 47.2 Å². The van der Waals surface area contributed by atoms with Crippen molar-refractivity contribution in [3.8, 4) is 5.75 Å². The van der Waals surface area contributed by atoms with Crippen molar-refractivity contribution in [1.82, 2.24) is 0 Å². The predicted molar refractivity (Wildman–Crippen MR) is 103 cm³/mol. The summed E-state index contributed by atoms with van der Waals surface area (Å²) in [6.07, 6.45) is 0. The molecule has 0 aromatic heterocycles. The average molecular weight is 373 g/mol. The molecule has 3 rings (SSSR count). The van der Waals surface area contributed by atoms with Crippen molar-refractivity contribution in [3.63, 3.8) is 0 Å². The van der Waals surface area contributed by atoms with Crippen LogP contribution in [0.25, 0.3) is 0 Å². The molecule has 1 amide bonds. The van der Waals surface area contributed by atoms with Gasteiger partial charge in [0.25, 0.3) is 5.91 Å². The van der Waals surface area contributed by atoms with Gasteiger partial charge in [-0.3, -0.25) is 4.79 Å². The Morgan fingerprint density at radius 3 is 2.41 bits per heavy atom. The van der Waals surface area contributed by atoms with Gasteiger partial charge in [0.1, 0.15) is 44.3 Å². The van der Waals surface area contributed by atoms with Gasteiger partial charge in [0.2, 0.25) is 0 Å². The van der Waals surface area contributed by atoms with Crippen molar-refractivity contribution in [3.05, 3.63) is 59.9 Å². The number of ether oxygens (including phenoxy) is 1. The summed E-state index contributed by atoms with van der Waals surface area (Å²) >= 11 is 0. The van der Waals surface area contributed by atoms with E-state index < -0.39 is 5.82 Å². The van der Waals surface area contributed by atoms with Crippen LogP contribution in [0.5, 0.6) is 5.75 Å². The molecule has 0 unspecified atom stereocenters. The maximum Gasteiger partial charge on any atom is 0.282 e. The van der Waals surface area contributed by atoms with E-state index in [0.717, 1.165) is 38.5 Å². The first-order valence-corrected chi connectivity index (χ1v) is 9.43. The van der Waals surface area contributed by atoms with E-state index in [1.54, 1.807) is 25.3 Å². The van der Waals surface area contributed by atoms with Gasteiger partial charge in [-0.05, 0) is 43.3 Å². The molecule has 1 aliphatic rings. The Labute approximate surface area is 159 Å². The third-order valence-electron chi connectivity index (χ3n) is 5.35. The Hall–Kier alpha value is -2.44. The summed E-state index contributed by atoms with van der Waals surface area (Å²) in [7, 11) is 1.67. The minimum atomic E-state index is -0.401. The highest BCUT2D eigenvalue weighted by molar-refractivity contribution is 5.93. The van der Waals surface area contributed by atoms with Gasteiger partial charge in [0, 0.05) is 5.56 Å². The van der Waals surface area contributed by atoms with Crippen LogP contribution in [-0.4, -0.2) is 45.2 Å². The van der Waals surface area contributed by atoms with Crippen molar-refractivity contribution in [2.24, 2.45) is 0 Å². The lowest BCUT2D eigenvalue weighted by atomic mass is 10.1. The van der Waals surface area contributed by atoms with E-state index in [1.165, 1.54) is 21.4 Å². The third kappa shape index (κ3) is 5.05. The molecule has 2 aromatic rings. The van der Waals surface area contributed by atoms with Crippen LogP contribution >= 0.6 is 0 Å². The molecule has 1 saturated heterocycles. The minimum absolute atomic E-state index is 0.131. The molecule has 0 saturated carbocycles. The molecule has 0 radical (unpaired) electrons. The number of carbonyl (C=O) groups excluding carboxylic acids is 1. The smallest absolute Gasteiger partial charge is 0.282 e. The fourth-order valence-corrected chi connectivity index (χ4v) is 3.56. The first-order valence-electron chi connectivity index (χ1n) is 9.43. The zero-order valence-electron chi connectivity index (χ0n) is 15.9. The van der Waals surface area contributed by atoms with Gasteiger partial charge >= 0.3 is 0 Å². The van der Waals surface area contributed by atoms with Crippen LogP contribution < -0.4 is 19.9 Å². The third-order valence-corrected chi connectivity index (χ3v) is 5.35. The SMILES string of the molecule is COc1ccc(C[NH+]2CC[NH+]([C@@H](C)C(=O)Nc3ccccc3F)CC2)cc1. The highest BCUT2D eigenvalue weighted by Crippen LogP contribution is 2.12. The van der Waals surface area contributed by atoms with Gasteiger partial charge < -0.3 is 19.9 Å². The van der Waals surface area contributed by atoms with E-state index >= 15 is 0 Å². The summed E-state index contributed by atoms with van der Waals surface area (Å²) in [6.45, 7) is 6.78. The molecule has 1 fully saturated rings. The number of quaternary nitrogens is 2. The summed E-state index contributed by atoms with van der Waals surface area (Å²) in [5, 5.41) is 2.72. The lowest BCUT2D eigenvalue weighted by Gasteiger charge is -2.32. The van der Waals surface area contributed by atoms with Crippen LogP contribution in [0.4, 0.5) is 10.1 Å². The summed E-state index contributed by atoms with van der Waals surface area (Å²) in [6, 6.07) is 14.3. The molecule has 5 nitrogen and oxygen atoms in total. The molecular weight excluding hydrogens is 345 g/mol. The van der Waals surface area contributed by atoms with Gasteiger partial charge in [-0.25, -0.2) is 4.39 Å². The summed E-state index contributed by atoms with van der Waals surface area (Å²) in [4.78, 5) is 15.3. The van der Waals surface area contributed by atoms with Crippen molar-refractivity contribution in [2.75, 3.05) is 38.6 Å². The Morgan fingerprint density at radius 2 is 1.78 bits per heavy atom. The molecule has 0 spiro atoms. The number of nitrogens with one attached hydrogen (secondary N) is 3. The van der Waals surface area contributed by atoms with Crippen LogP contribution in [0.2, 0.25) is 0 Å². The minimum Gasteiger partial charge on any atom is -0.497 e. The molecule has 3 N–H and O–H groups in total. The van der Waals surface area contributed by atoms with Crippen molar-refractivity contribution < 1.29 is 23.7 Å². The molecule has 0 aliphatic carbocycles. The molecule has 2 aromatic carbocycles. The largest absolute Gasteiger partial charge is 0.497 e. The number of carbonyl (C=O) groups is 1. The molecule has 144 valence electrons. The second kappa shape index (κ2) is 8.97. The predicted octanol–water partition coefficient (Wildman–Crippen LogP) is 0.145. The highest BCUT2D eigenvalue weighted by Gasteiger charge is 2.31. The molecule has 1 atom stereocenters. The standard InChI is InChI=1S/C21H26FN3O2/c1-16(21(26)23-20-6-4-3-5-19(20)22)25-13-11-24(12-14-25)15-17-7-9-18(27-2)10-8-17/h3-10,16H,11-15H2,1-2H3,(H,23,26)/p+2/t16-/m0/s1. The quantitative estimate of drug-likeness (QED) is 0.675. The molecule has 27 heavy (non-hydrogen) atoms. The van der Waals surface area contributed by atoms with Gasteiger partial charge in [-0.1, -0.05) is 12.1 Å². The number of piperazine rings is 1. The van der Waals surface area contributed by atoms with Crippen LogP contribution in [0.15, 0.2) is 48.5 Å². The second-order valence-electron chi connectivity index (χ2n) is 7.12. The lowest BCUT2D eigenvalue weighted by molar-refractivity contribution is -1.02. The van der Waals surface area contributed by atoms with E-state index in [0.29, 0.717) is 0 Å². The Kier molecular flexibility index (Phi) is 6.42. The van der Waals surface area contributed by atoms with Crippen LogP contribution in [-0.2, 0) is 11.3 Å². The Bertz CT molecular complexity index is 758. The van der Waals surface area contributed by atoms with E-state index in [1.807, 2.05) is 19.1 Å². The zero-order chi connectivity index (χ0) is 19.2. The van der Waals surface area contributed by atoms with Gasteiger partial charge in [0.05, 0.1) is 12.8 Å². The van der Waals surface area contributed by atoms with E-state index in [2.05, 4.69) is 17.4 Å². The van der Waals surface area contributed by atoms with Crippen LogP contribution in [0.1, 0.15) is 12.5 Å². The monoisotopic (exact) mass is 373 g/mol.